The van der Waals surface area contributed by atoms with Crippen LogP contribution in [-0.2, 0) is 0 Å². The molecule has 1 heterocycles. The largest absolute Gasteiger partial charge is 0.354 e. The molecule has 106 valence electrons. The number of nitrogens with zero attached hydrogens (tertiary/aromatic N) is 1. The Kier molecular flexibility index (Phi) is 2.32. The molecule has 0 unspecified atom stereocenters. The van der Waals surface area contributed by atoms with Crippen molar-refractivity contribution in [1.82, 2.24) is 4.98 Å². The Morgan fingerprint density at radius 1 is 0.696 bits per heavy atom. The van der Waals surface area contributed by atoms with Crippen molar-refractivity contribution in [1.29, 1.82) is 5.26 Å². The molecule has 0 saturated heterocycles. The van der Waals surface area contributed by atoms with Crippen LogP contribution in [0.25, 0.3) is 43.4 Å². The first-order valence-corrected chi connectivity index (χ1v) is 7.62. The zero-order valence-electron chi connectivity index (χ0n) is 12.3. The molecule has 2 nitrogen and oxygen atoms in total. The van der Waals surface area contributed by atoms with Gasteiger partial charge in [-0.2, -0.15) is 5.26 Å². The minimum atomic E-state index is 0.696. The highest BCUT2D eigenvalue weighted by Crippen LogP contribution is 2.38. The number of aromatic amines is 1. The molecule has 0 aliphatic rings. The topological polar surface area (TPSA) is 39.6 Å². The second kappa shape index (κ2) is 4.34. The smallest absolute Gasteiger partial charge is 0.0991 e. The number of fused-ring (bicyclic) bond motifs is 8. The van der Waals surface area contributed by atoms with Crippen LogP contribution in [0.4, 0.5) is 0 Å². The highest BCUT2D eigenvalue weighted by atomic mass is 14.7. The highest BCUT2D eigenvalue weighted by molar-refractivity contribution is 6.31. The maximum absolute atomic E-state index is 9.26. The van der Waals surface area contributed by atoms with E-state index in [0.29, 0.717) is 5.56 Å². The molecule has 23 heavy (non-hydrogen) atoms. The molecule has 0 aliphatic carbocycles. The van der Waals surface area contributed by atoms with Crippen LogP contribution in [0.5, 0.6) is 0 Å². The van der Waals surface area contributed by atoms with E-state index >= 15 is 0 Å². The fourth-order valence-corrected chi connectivity index (χ4v) is 3.61. The molecule has 0 fully saturated rings. The average Bonchev–Trinajstić information content (AvgIpc) is 3.01. The van der Waals surface area contributed by atoms with Gasteiger partial charge < -0.3 is 4.98 Å². The molecule has 5 rings (SSSR count). The van der Waals surface area contributed by atoms with Gasteiger partial charge in [-0.05, 0) is 34.4 Å². The van der Waals surface area contributed by atoms with Crippen LogP contribution in [0.1, 0.15) is 5.56 Å². The summed E-state index contributed by atoms with van der Waals surface area (Å²) in [5.74, 6) is 0. The van der Waals surface area contributed by atoms with Crippen LogP contribution >= 0.6 is 0 Å². The molecule has 2 heteroatoms. The number of aromatic nitrogens is 1. The van der Waals surface area contributed by atoms with Gasteiger partial charge in [-0.15, -0.1) is 0 Å². The lowest BCUT2D eigenvalue weighted by Crippen LogP contribution is -1.83. The Balaban J connectivity index is 2.19. The van der Waals surface area contributed by atoms with Crippen molar-refractivity contribution in [2.75, 3.05) is 0 Å². The Morgan fingerprint density at radius 2 is 1.43 bits per heavy atom. The molecule has 0 radical (unpaired) electrons. The predicted molar refractivity (Wildman–Crippen MR) is 95.5 cm³/mol. The van der Waals surface area contributed by atoms with Crippen LogP contribution in [0.15, 0.2) is 66.7 Å². The van der Waals surface area contributed by atoms with Crippen molar-refractivity contribution in [3.63, 3.8) is 0 Å². The average molecular weight is 292 g/mol. The molecular formula is C21H12N2. The lowest BCUT2D eigenvalue weighted by atomic mass is 9.95. The van der Waals surface area contributed by atoms with Crippen molar-refractivity contribution >= 4 is 43.4 Å². The van der Waals surface area contributed by atoms with Crippen LogP contribution in [0.2, 0.25) is 0 Å². The summed E-state index contributed by atoms with van der Waals surface area (Å²) < 4.78 is 0. The third kappa shape index (κ3) is 1.56. The highest BCUT2D eigenvalue weighted by Gasteiger charge is 2.13. The molecule has 4 aromatic carbocycles. The second-order valence-electron chi connectivity index (χ2n) is 5.84. The molecular weight excluding hydrogens is 280 g/mol. The Labute approximate surface area is 132 Å². The zero-order valence-corrected chi connectivity index (χ0v) is 12.3. The summed E-state index contributed by atoms with van der Waals surface area (Å²) in [7, 11) is 0. The summed E-state index contributed by atoms with van der Waals surface area (Å²) in [5, 5.41) is 16.4. The number of hydrogen-bond donors (Lipinski definition) is 1. The predicted octanol–water partition coefficient (Wildman–Crippen LogP) is 5.50. The van der Waals surface area contributed by atoms with Gasteiger partial charge in [0, 0.05) is 21.7 Å². The molecule has 0 aliphatic heterocycles. The van der Waals surface area contributed by atoms with Gasteiger partial charge in [0.15, 0.2) is 0 Å². The van der Waals surface area contributed by atoms with E-state index in [1.54, 1.807) is 0 Å². The minimum absolute atomic E-state index is 0.696. The molecule has 0 spiro atoms. The third-order valence-electron chi connectivity index (χ3n) is 4.61. The van der Waals surface area contributed by atoms with E-state index in [9.17, 15) is 5.26 Å². The molecule has 0 amide bonds. The summed E-state index contributed by atoms with van der Waals surface area (Å²) in [4.78, 5) is 3.58. The third-order valence-corrected chi connectivity index (χ3v) is 4.61. The Bertz CT molecular complexity index is 1270. The number of nitriles is 1. The maximum atomic E-state index is 9.26. The monoisotopic (exact) mass is 292 g/mol. The maximum Gasteiger partial charge on any atom is 0.0991 e. The number of hydrogen-bond acceptors (Lipinski definition) is 1. The number of nitrogens with one attached hydrogen (secondary N) is 1. The lowest BCUT2D eigenvalue weighted by molar-refractivity contribution is 1.50. The molecule has 1 N–H and O–H groups in total. The fraction of sp³-hybridized carbons (Fsp3) is 0. The van der Waals surface area contributed by atoms with Gasteiger partial charge in [-0.3, -0.25) is 0 Å². The van der Waals surface area contributed by atoms with Crippen molar-refractivity contribution in [2.24, 2.45) is 0 Å². The van der Waals surface area contributed by atoms with E-state index in [-0.39, 0.29) is 0 Å². The van der Waals surface area contributed by atoms with Crippen LogP contribution in [-0.4, -0.2) is 4.98 Å². The molecule has 1 aromatic heterocycles. The molecule has 0 saturated carbocycles. The number of H-pyrrole nitrogens is 1. The van der Waals surface area contributed by atoms with Crippen molar-refractivity contribution in [2.45, 2.75) is 0 Å². The summed E-state index contributed by atoms with van der Waals surface area (Å²) in [6, 6.07) is 25.0. The quantitative estimate of drug-likeness (QED) is 0.376. The van der Waals surface area contributed by atoms with Crippen LogP contribution in [0.3, 0.4) is 0 Å². The van der Waals surface area contributed by atoms with E-state index in [4.69, 9.17) is 0 Å². The van der Waals surface area contributed by atoms with Crippen molar-refractivity contribution < 1.29 is 0 Å². The van der Waals surface area contributed by atoms with Crippen LogP contribution in [0, 0.1) is 11.3 Å². The Morgan fingerprint density at radius 3 is 2.26 bits per heavy atom. The molecule has 0 atom stereocenters. The summed E-state index contributed by atoms with van der Waals surface area (Å²) in [6.07, 6.45) is 0. The van der Waals surface area contributed by atoms with Crippen molar-refractivity contribution in [3.05, 3.63) is 72.3 Å². The number of rotatable bonds is 0. The molecule has 0 bridgehead atoms. The first-order valence-electron chi connectivity index (χ1n) is 7.62. The Hall–Kier alpha value is -3.31. The normalized spacial score (nSPS) is 11.4. The SMILES string of the molecule is N#Cc1ccc2c(c1)c1ccccc1c1[nH]c3ccccc3c21. The first-order chi connectivity index (χ1) is 11.4. The summed E-state index contributed by atoms with van der Waals surface area (Å²) in [5.41, 5.74) is 3.00. The van der Waals surface area contributed by atoms with Gasteiger partial charge >= 0.3 is 0 Å². The van der Waals surface area contributed by atoms with Gasteiger partial charge in [-0.1, -0.05) is 48.5 Å². The van der Waals surface area contributed by atoms with Gasteiger partial charge in [0.05, 0.1) is 17.1 Å². The number of para-hydroxylation sites is 1. The van der Waals surface area contributed by atoms with Gasteiger partial charge in [0.2, 0.25) is 0 Å². The van der Waals surface area contributed by atoms with E-state index in [2.05, 4.69) is 65.7 Å². The van der Waals surface area contributed by atoms with Gasteiger partial charge in [-0.25, -0.2) is 0 Å². The fourth-order valence-electron chi connectivity index (χ4n) is 3.61. The van der Waals surface area contributed by atoms with Crippen molar-refractivity contribution in [3.8, 4) is 6.07 Å². The van der Waals surface area contributed by atoms with Gasteiger partial charge in [0.1, 0.15) is 0 Å². The van der Waals surface area contributed by atoms with E-state index in [1.807, 2.05) is 12.1 Å². The van der Waals surface area contributed by atoms with Gasteiger partial charge in [0.25, 0.3) is 0 Å². The van der Waals surface area contributed by atoms with E-state index in [0.717, 1.165) is 10.9 Å². The zero-order chi connectivity index (χ0) is 15.4. The van der Waals surface area contributed by atoms with E-state index in [1.165, 1.54) is 32.4 Å². The van der Waals surface area contributed by atoms with Crippen LogP contribution < -0.4 is 0 Å². The first kappa shape index (κ1) is 12.3. The second-order valence-corrected chi connectivity index (χ2v) is 5.84. The number of benzene rings is 4. The van der Waals surface area contributed by atoms with E-state index < -0.39 is 0 Å². The summed E-state index contributed by atoms with van der Waals surface area (Å²) in [6.45, 7) is 0. The lowest BCUT2D eigenvalue weighted by Gasteiger charge is -2.07. The molecule has 5 aromatic rings. The minimum Gasteiger partial charge on any atom is -0.354 e. The summed E-state index contributed by atoms with van der Waals surface area (Å²) >= 11 is 0. The standard InChI is InChI=1S/C21H12N2/c22-12-13-9-10-15-18(11-13)14-5-1-2-6-16(14)21-20(15)17-7-3-4-8-19(17)23-21/h1-11,23H.